The molecule has 0 spiro atoms. The van der Waals surface area contributed by atoms with Gasteiger partial charge in [0.25, 0.3) is 0 Å². The fraction of sp³-hybridized carbons (Fsp3) is 0.615. The molecule has 0 bridgehead atoms. The van der Waals surface area contributed by atoms with E-state index in [1.165, 1.54) is 25.3 Å². The van der Waals surface area contributed by atoms with Crippen LogP contribution in [0.4, 0.5) is 0 Å². The van der Waals surface area contributed by atoms with Gasteiger partial charge in [-0.1, -0.05) is 124 Å². The van der Waals surface area contributed by atoms with Crippen molar-refractivity contribution in [2.24, 2.45) is 11.8 Å². The highest BCUT2D eigenvalue weighted by Gasteiger charge is 2.30. The summed E-state index contributed by atoms with van der Waals surface area (Å²) in [7, 11) is 2.83. The number of nitrogens with zero attached hydrogens (tertiary/aromatic N) is 2. The van der Waals surface area contributed by atoms with Crippen LogP contribution in [0.1, 0.15) is 141 Å². The van der Waals surface area contributed by atoms with Gasteiger partial charge in [0.05, 0.1) is 38.5 Å². The van der Waals surface area contributed by atoms with Crippen LogP contribution in [0.25, 0.3) is 0 Å². The highest BCUT2D eigenvalue weighted by molar-refractivity contribution is 5.79. The lowest BCUT2D eigenvalue weighted by Crippen LogP contribution is -2.33. The van der Waals surface area contributed by atoms with Crippen molar-refractivity contribution >= 4 is 23.8 Å². The quantitative estimate of drug-likeness (QED) is 0.0492. The van der Waals surface area contributed by atoms with Gasteiger partial charge in [-0.3, -0.25) is 19.2 Å². The molecule has 2 fully saturated rings. The number of aliphatic hydroxyl groups excluding tert-OH is 2. The van der Waals surface area contributed by atoms with Gasteiger partial charge >= 0.3 is 11.9 Å². The van der Waals surface area contributed by atoms with E-state index in [2.05, 4.69) is 71.9 Å². The number of carbonyl (C=O) groups is 4. The molecule has 2 aromatic carbocycles. The van der Waals surface area contributed by atoms with Gasteiger partial charge in [0.15, 0.2) is 0 Å². The van der Waals surface area contributed by atoms with E-state index in [0.717, 1.165) is 116 Å². The predicted octanol–water partition coefficient (Wildman–Crippen LogP) is 9.35. The first-order valence-corrected chi connectivity index (χ1v) is 23.6. The average Bonchev–Trinajstić information content (AvgIpc) is 3.83. The average molecular weight is 859 g/mol. The number of rotatable bonds is 28. The maximum Gasteiger partial charge on any atom is 0.305 e. The number of esters is 2. The van der Waals surface area contributed by atoms with E-state index < -0.39 is 12.2 Å². The number of amides is 2. The molecule has 0 aromatic heterocycles. The number of likely N-dealkylation sites (tertiary alicyclic amines) is 2. The third-order valence-corrected chi connectivity index (χ3v) is 12.4. The summed E-state index contributed by atoms with van der Waals surface area (Å²) in [6, 6.07) is 21.1. The normalized spacial score (nSPS) is 18.5. The first-order valence-electron chi connectivity index (χ1n) is 23.6. The van der Waals surface area contributed by atoms with Crippen molar-refractivity contribution in [3.8, 4) is 0 Å². The van der Waals surface area contributed by atoms with Crippen LogP contribution in [-0.2, 0) is 41.5 Å². The van der Waals surface area contributed by atoms with Gasteiger partial charge in [-0.2, -0.15) is 0 Å². The second-order valence-electron chi connectivity index (χ2n) is 17.3. The van der Waals surface area contributed by atoms with E-state index in [0.29, 0.717) is 25.7 Å². The molecule has 0 saturated carbocycles. The van der Waals surface area contributed by atoms with Crippen LogP contribution in [0.2, 0.25) is 0 Å². The van der Waals surface area contributed by atoms with Crippen molar-refractivity contribution in [2.75, 3.05) is 27.3 Å². The van der Waals surface area contributed by atoms with E-state index in [9.17, 15) is 29.4 Å². The Morgan fingerprint density at radius 1 is 0.597 bits per heavy atom. The summed E-state index contributed by atoms with van der Waals surface area (Å²) in [6.07, 6.45) is 24.2. The third-order valence-electron chi connectivity index (χ3n) is 12.4. The topological polar surface area (TPSA) is 134 Å². The lowest BCUT2D eigenvalue weighted by atomic mass is 9.95. The summed E-state index contributed by atoms with van der Waals surface area (Å²) in [6.45, 7) is 5.67. The second kappa shape index (κ2) is 30.7. The molecule has 2 saturated heterocycles. The van der Waals surface area contributed by atoms with Crippen molar-refractivity contribution in [3.63, 3.8) is 0 Å². The number of aliphatic hydroxyl groups is 2. The first kappa shape index (κ1) is 52.1. The minimum absolute atomic E-state index is 0.0914. The highest BCUT2D eigenvalue weighted by Crippen LogP contribution is 2.24. The molecule has 2 heterocycles. The predicted molar refractivity (Wildman–Crippen MR) is 247 cm³/mol. The summed E-state index contributed by atoms with van der Waals surface area (Å²) in [4.78, 5) is 50.7. The second-order valence-corrected chi connectivity index (χ2v) is 17.3. The van der Waals surface area contributed by atoms with Crippen LogP contribution < -0.4 is 0 Å². The number of unbranched alkanes of at least 4 members (excludes halogenated alkanes) is 6. The molecular formula is C52H78N2O8. The molecule has 2 N–H and O–H groups in total. The molecule has 344 valence electrons. The van der Waals surface area contributed by atoms with Crippen molar-refractivity contribution in [1.29, 1.82) is 0 Å². The molecule has 2 aliphatic rings. The SMILES string of the molecule is COC(=O)CCCCCCN1C(=O)CC[C@@H]1/C=C/[C@@H](O)C(C)CCCc1ccccc1.COC(=O)CCCCCCN1C(=O)CC[C@@H]1/C=C/[C@H](O)C(C)CCCc1ccccc1. The number of ether oxygens (including phenoxy) is 2. The fourth-order valence-corrected chi connectivity index (χ4v) is 8.26. The van der Waals surface area contributed by atoms with E-state index in [4.69, 9.17) is 0 Å². The van der Waals surface area contributed by atoms with Gasteiger partial charge in [0, 0.05) is 38.8 Å². The molecule has 62 heavy (non-hydrogen) atoms. The third kappa shape index (κ3) is 20.7. The maximum atomic E-state index is 12.3. The zero-order chi connectivity index (χ0) is 45.0. The van der Waals surface area contributed by atoms with Crippen molar-refractivity contribution in [3.05, 3.63) is 96.1 Å². The summed E-state index contributed by atoms with van der Waals surface area (Å²) >= 11 is 0. The molecule has 2 amide bonds. The monoisotopic (exact) mass is 859 g/mol. The van der Waals surface area contributed by atoms with Crippen LogP contribution in [0.3, 0.4) is 0 Å². The largest absolute Gasteiger partial charge is 0.469 e. The Kier molecular flexibility index (Phi) is 25.8. The van der Waals surface area contributed by atoms with Crippen LogP contribution in [0.15, 0.2) is 85.0 Å². The minimum Gasteiger partial charge on any atom is -0.469 e. The Labute approximate surface area is 373 Å². The van der Waals surface area contributed by atoms with Gasteiger partial charge in [-0.15, -0.1) is 0 Å². The van der Waals surface area contributed by atoms with Crippen molar-refractivity contribution in [1.82, 2.24) is 9.80 Å². The Morgan fingerprint density at radius 3 is 1.34 bits per heavy atom. The molecule has 0 radical (unpaired) electrons. The molecule has 2 unspecified atom stereocenters. The minimum atomic E-state index is -0.480. The number of hydrogen-bond donors (Lipinski definition) is 2. The van der Waals surface area contributed by atoms with E-state index >= 15 is 0 Å². The van der Waals surface area contributed by atoms with Gasteiger partial charge < -0.3 is 29.5 Å². The Bertz CT molecular complexity index is 1500. The molecular weight excluding hydrogens is 781 g/mol. The fourth-order valence-electron chi connectivity index (χ4n) is 8.26. The molecule has 10 heteroatoms. The smallest absolute Gasteiger partial charge is 0.305 e. The maximum absolute atomic E-state index is 12.3. The lowest BCUT2D eigenvalue weighted by Gasteiger charge is -2.23. The molecule has 10 nitrogen and oxygen atoms in total. The summed E-state index contributed by atoms with van der Waals surface area (Å²) < 4.78 is 9.30. The Hall–Kier alpha value is -4.28. The number of methoxy groups -OCH3 is 2. The van der Waals surface area contributed by atoms with Crippen LogP contribution >= 0.6 is 0 Å². The lowest BCUT2D eigenvalue weighted by molar-refractivity contribution is -0.141. The standard InChI is InChI=1S/2C26H39NO4/c2*1-21(11-10-14-22-12-6-5-7-13-22)24(28)18-16-23-17-19-25(29)27(23)20-9-4-3-8-15-26(30)31-2/h2*5-7,12-13,16,18,21,23-24,28H,3-4,8-11,14-15,17,19-20H2,1-2H3/b2*18-16+/t21?,23-,24+;21?,23-,24-/m00/s1. The first-order chi connectivity index (χ1) is 30.0. The number of hydrogen-bond acceptors (Lipinski definition) is 8. The summed E-state index contributed by atoms with van der Waals surface area (Å²) in [5.41, 5.74) is 2.68. The van der Waals surface area contributed by atoms with E-state index in [1.54, 1.807) is 0 Å². The number of aryl methyl sites for hydroxylation is 2. The summed E-state index contributed by atoms with van der Waals surface area (Å²) in [5.74, 6) is 0.477. The zero-order valence-electron chi connectivity index (χ0n) is 38.3. The molecule has 2 aromatic rings. The van der Waals surface area contributed by atoms with E-state index in [1.807, 2.05) is 46.2 Å². The molecule has 4 rings (SSSR count). The Balaban J connectivity index is 0.000000330. The highest BCUT2D eigenvalue weighted by atomic mass is 16.5. The van der Waals surface area contributed by atoms with Crippen LogP contribution in [0, 0.1) is 11.8 Å². The molecule has 0 aliphatic carbocycles. The van der Waals surface area contributed by atoms with Gasteiger partial charge in [-0.05, 0) is 100 Å². The van der Waals surface area contributed by atoms with Gasteiger partial charge in [0.1, 0.15) is 0 Å². The molecule has 2 aliphatic heterocycles. The van der Waals surface area contributed by atoms with Crippen molar-refractivity contribution < 1.29 is 38.9 Å². The molecule has 6 atom stereocenters. The van der Waals surface area contributed by atoms with Crippen LogP contribution in [0.5, 0.6) is 0 Å². The van der Waals surface area contributed by atoms with E-state index in [-0.39, 0.29) is 47.7 Å². The van der Waals surface area contributed by atoms with Gasteiger partial charge in [0.2, 0.25) is 11.8 Å². The zero-order valence-corrected chi connectivity index (χ0v) is 38.3. The number of benzene rings is 2. The summed E-state index contributed by atoms with van der Waals surface area (Å²) in [5, 5.41) is 21.1. The van der Waals surface area contributed by atoms with Crippen LogP contribution in [-0.4, -0.2) is 95.4 Å². The number of carbonyl (C=O) groups excluding carboxylic acids is 4. The van der Waals surface area contributed by atoms with Gasteiger partial charge in [-0.25, -0.2) is 0 Å². The van der Waals surface area contributed by atoms with Crippen molar-refractivity contribution in [2.45, 2.75) is 167 Å². The Morgan fingerprint density at radius 2 is 0.968 bits per heavy atom.